The third-order valence-electron chi connectivity index (χ3n) is 1.69. The molecule has 0 saturated carbocycles. The molecule has 14 heavy (non-hydrogen) atoms. The largest absolute Gasteiger partial charge is 0.326 e. The van der Waals surface area contributed by atoms with Crippen LogP contribution in [0.15, 0.2) is 6.20 Å². The first-order valence-electron chi connectivity index (χ1n) is 3.67. The van der Waals surface area contributed by atoms with Crippen LogP contribution in [-0.4, -0.2) is 4.98 Å². The van der Waals surface area contributed by atoms with Gasteiger partial charge in [-0.3, -0.25) is 4.98 Å². The van der Waals surface area contributed by atoms with Crippen LogP contribution >= 0.6 is 11.6 Å². The minimum Gasteiger partial charge on any atom is -0.326 e. The lowest BCUT2D eigenvalue weighted by molar-refractivity contribution is 0.145. The third-order valence-corrected chi connectivity index (χ3v) is 2.01. The summed E-state index contributed by atoms with van der Waals surface area (Å²) in [5, 5.41) is 8.80. The Bertz CT molecular complexity index is 387. The molecule has 74 valence electrons. The molecule has 3 nitrogen and oxygen atoms in total. The zero-order chi connectivity index (χ0) is 10.7. The van der Waals surface area contributed by atoms with Crippen molar-refractivity contribution in [3.8, 4) is 6.07 Å². The molecule has 0 aliphatic rings. The van der Waals surface area contributed by atoms with Crippen molar-refractivity contribution in [3.63, 3.8) is 0 Å². The lowest BCUT2D eigenvalue weighted by Gasteiger charge is -2.07. The summed E-state index contributed by atoms with van der Waals surface area (Å²) in [5.41, 5.74) is 4.70. The molecule has 0 radical (unpaired) electrons. The number of rotatable bonds is 2. The number of halogens is 3. The van der Waals surface area contributed by atoms with Crippen LogP contribution < -0.4 is 5.73 Å². The smallest absolute Gasteiger partial charge is 0.281 e. The Hall–Kier alpha value is -1.25. The highest BCUT2D eigenvalue weighted by Gasteiger charge is 2.19. The Kier molecular flexibility index (Phi) is 3.33. The molecule has 0 aliphatic heterocycles. The minimum absolute atomic E-state index is 0.0655. The van der Waals surface area contributed by atoms with E-state index in [1.807, 2.05) is 0 Å². The fraction of sp³-hybridized carbons (Fsp3) is 0.250. The summed E-state index contributed by atoms with van der Waals surface area (Å²) in [5.74, 6) is 0. The van der Waals surface area contributed by atoms with E-state index in [1.54, 1.807) is 6.07 Å². The third kappa shape index (κ3) is 1.81. The van der Waals surface area contributed by atoms with Gasteiger partial charge in [-0.25, -0.2) is 8.78 Å². The van der Waals surface area contributed by atoms with Gasteiger partial charge in [-0.1, -0.05) is 11.6 Å². The minimum atomic E-state index is -2.80. The van der Waals surface area contributed by atoms with Crippen molar-refractivity contribution in [2.24, 2.45) is 5.73 Å². The summed E-state index contributed by atoms with van der Waals surface area (Å²) in [7, 11) is 0. The van der Waals surface area contributed by atoms with Crippen molar-refractivity contribution in [2.45, 2.75) is 13.0 Å². The number of hydrogen-bond acceptors (Lipinski definition) is 3. The van der Waals surface area contributed by atoms with Gasteiger partial charge in [0.2, 0.25) is 0 Å². The normalized spacial score (nSPS) is 10.3. The summed E-state index contributed by atoms with van der Waals surface area (Å²) < 4.78 is 24.7. The van der Waals surface area contributed by atoms with Gasteiger partial charge in [0.05, 0.1) is 10.6 Å². The lowest BCUT2D eigenvalue weighted by Crippen LogP contribution is -2.06. The topological polar surface area (TPSA) is 62.7 Å². The van der Waals surface area contributed by atoms with E-state index < -0.39 is 12.1 Å². The molecule has 0 saturated heterocycles. The number of nitrogens with zero attached hydrogens (tertiary/aromatic N) is 2. The van der Waals surface area contributed by atoms with Crippen LogP contribution in [0.5, 0.6) is 0 Å². The number of pyridine rings is 1. The number of alkyl halides is 2. The Labute approximate surface area is 84.1 Å². The second-order valence-corrected chi connectivity index (χ2v) is 2.87. The molecule has 1 rings (SSSR count). The molecule has 2 N–H and O–H groups in total. The number of aromatic nitrogens is 1. The van der Waals surface area contributed by atoms with E-state index in [2.05, 4.69) is 4.98 Å². The second-order valence-electron chi connectivity index (χ2n) is 2.46. The van der Waals surface area contributed by atoms with Crippen LogP contribution in [0.4, 0.5) is 8.78 Å². The number of nitrogens with two attached hydrogens (primary N) is 1. The monoisotopic (exact) mass is 217 g/mol. The molecule has 0 amide bonds. The maximum absolute atomic E-state index is 12.4. The Morgan fingerprint density at radius 2 is 2.29 bits per heavy atom. The predicted molar refractivity (Wildman–Crippen MR) is 46.8 cm³/mol. The van der Waals surface area contributed by atoms with E-state index >= 15 is 0 Å². The Morgan fingerprint density at radius 3 is 2.71 bits per heavy atom. The van der Waals surface area contributed by atoms with E-state index in [0.717, 1.165) is 6.20 Å². The molecule has 1 heterocycles. The summed E-state index contributed by atoms with van der Waals surface area (Å²) in [6, 6.07) is 1.63. The second kappa shape index (κ2) is 4.31. The van der Waals surface area contributed by atoms with Gasteiger partial charge in [0.1, 0.15) is 11.8 Å². The van der Waals surface area contributed by atoms with Crippen molar-refractivity contribution in [2.75, 3.05) is 0 Å². The number of nitriles is 1. The van der Waals surface area contributed by atoms with E-state index in [4.69, 9.17) is 22.6 Å². The Balaban J connectivity index is 3.43. The highest BCUT2D eigenvalue weighted by atomic mass is 35.5. The molecule has 0 bridgehead atoms. The maximum atomic E-state index is 12.4. The van der Waals surface area contributed by atoms with Gasteiger partial charge >= 0.3 is 0 Å². The van der Waals surface area contributed by atoms with Crippen LogP contribution in [0, 0.1) is 11.3 Å². The molecule has 1 aromatic heterocycles. The molecular weight excluding hydrogens is 212 g/mol. The number of hydrogen-bond donors (Lipinski definition) is 1. The van der Waals surface area contributed by atoms with Gasteiger partial charge in [0.25, 0.3) is 6.43 Å². The standard InChI is InChI=1S/C8H6ClF2N3/c9-6-3-14-7(8(10)11)5(2-13)4(6)1-12/h3,8H,1,12H2. The summed E-state index contributed by atoms with van der Waals surface area (Å²) in [6.07, 6.45) is -1.72. The molecule has 0 atom stereocenters. The molecule has 0 fully saturated rings. The van der Waals surface area contributed by atoms with Gasteiger partial charge in [0.15, 0.2) is 0 Å². The van der Waals surface area contributed by atoms with E-state index in [1.165, 1.54) is 0 Å². The van der Waals surface area contributed by atoms with E-state index in [9.17, 15) is 8.78 Å². The molecular formula is C8H6ClF2N3. The van der Waals surface area contributed by atoms with Crippen molar-refractivity contribution in [3.05, 3.63) is 28.0 Å². The van der Waals surface area contributed by atoms with Crippen molar-refractivity contribution >= 4 is 11.6 Å². The maximum Gasteiger partial charge on any atom is 0.281 e. The molecule has 6 heteroatoms. The average molecular weight is 218 g/mol. The SMILES string of the molecule is N#Cc1c(C(F)F)ncc(Cl)c1CN. The Morgan fingerprint density at radius 1 is 1.64 bits per heavy atom. The molecule has 0 aromatic carbocycles. The first-order chi connectivity index (χ1) is 6.61. The summed E-state index contributed by atoms with van der Waals surface area (Å²) in [4.78, 5) is 3.40. The van der Waals surface area contributed by atoms with E-state index in [0.29, 0.717) is 0 Å². The van der Waals surface area contributed by atoms with Gasteiger partial charge in [0, 0.05) is 18.3 Å². The quantitative estimate of drug-likeness (QED) is 0.824. The van der Waals surface area contributed by atoms with Gasteiger partial charge in [-0.15, -0.1) is 0 Å². The van der Waals surface area contributed by atoms with Gasteiger partial charge in [-0.05, 0) is 0 Å². The van der Waals surface area contributed by atoms with Gasteiger partial charge < -0.3 is 5.73 Å². The van der Waals surface area contributed by atoms with Crippen molar-refractivity contribution in [1.29, 1.82) is 5.26 Å². The molecule has 0 aliphatic carbocycles. The first kappa shape index (κ1) is 10.8. The zero-order valence-corrected chi connectivity index (χ0v) is 7.72. The fourth-order valence-corrected chi connectivity index (χ4v) is 1.25. The molecule has 0 unspecified atom stereocenters. The lowest BCUT2D eigenvalue weighted by atomic mass is 10.1. The zero-order valence-electron chi connectivity index (χ0n) is 6.97. The van der Waals surface area contributed by atoms with E-state index in [-0.39, 0.29) is 22.7 Å². The van der Waals surface area contributed by atoms with Crippen LogP contribution in [0.1, 0.15) is 23.2 Å². The average Bonchev–Trinajstić information content (AvgIpc) is 2.16. The van der Waals surface area contributed by atoms with Crippen molar-refractivity contribution in [1.82, 2.24) is 4.98 Å². The van der Waals surface area contributed by atoms with Crippen LogP contribution in [0.25, 0.3) is 0 Å². The van der Waals surface area contributed by atoms with Crippen LogP contribution in [0.3, 0.4) is 0 Å². The molecule has 0 spiro atoms. The fourth-order valence-electron chi connectivity index (χ4n) is 1.03. The van der Waals surface area contributed by atoms with Gasteiger partial charge in [-0.2, -0.15) is 5.26 Å². The summed E-state index contributed by atoms with van der Waals surface area (Å²) in [6.45, 7) is -0.0655. The first-order valence-corrected chi connectivity index (χ1v) is 4.05. The highest BCUT2D eigenvalue weighted by Crippen LogP contribution is 2.26. The van der Waals surface area contributed by atoms with Crippen LogP contribution in [0.2, 0.25) is 5.02 Å². The highest BCUT2D eigenvalue weighted by molar-refractivity contribution is 6.31. The molecule has 1 aromatic rings. The van der Waals surface area contributed by atoms with Crippen molar-refractivity contribution < 1.29 is 8.78 Å². The predicted octanol–water partition coefficient (Wildman–Crippen LogP) is 2.00. The van der Waals surface area contributed by atoms with Crippen LogP contribution in [-0.2, 0) is 6.54 Å². The summed E-state index contributed by atoms with van der Waals surface area (Å²) >= 11 is 5.65.